The Morgan fingerprint density at radius 1 is 1.32 bits per heavy atom. The Hall–Kier alpha value is -1.68. The van der Waals surface area contributed by atoms with Crippen molar-refractivity contribution in [1.29, 1.82) is 0 Å². The molecule has 0 radical (unpaired) electrons. The summed E-state index contributed by atoms with van der Waals surface area (Å²) < 4.78 is 5.27. The van der Waals surface area contributed by atoms with Crippen LogP contribution in [0.4, 0.5) is 0 Å². The van der Waals surface area contributed by atoms with Gasteiger partial charge in [0.1, 0.15) is 17.3 Å². The van der Waals surface area contributed by atoms with Crippen LogP contribution in [-0.4, -0.2) is 23.5 Å². The van der Waals surface area contributed by atoms with Gasteiger partial charge in [-0.3, -0.25) is 9.59 Å². The van der Waals surface area contributed by atoms with Crippen molar-refractivity contribution < 1.29 is 19.4 Å². The van der Waals surface area contributed by atoms with E-state index in [2.05, 4.69) is 0 Å². The van der Waals surface area contributed by atoms with Gasteiger partial charge in [-0.25, -0.2) is 0 Å². The van der Waals surface area contributed by atoms with Gasteiger partial charge in [0.15, 0.2) is 0 Å². The van der Waals surface area contributed by atoms with Crippen LogP contribution in [0.15, 0.2) is 24.3 Å². The third kappa shape index (κ3) is 3.41. The minimum atomic E-state index is -1.49. The van der Waals surface area contributed by atoms with Gasteiger partial charge in [0.25, 0.3) is 0 Å². The van der Waals surface area contributed by atoms with Crippen molar-refractivity contribution in [2.75, 3.05) is 6.61 Å². The van der Waals surface area contributed by atoms with Gasteiger partial charge in [-0.2, -0.15) is 0 Å². The van der Waals surface area contributed by atoms with Crippen LogP contribution in [0.25, 0.3) is 0 Å². The van der Waals surface area contributed by atoms with E-state index in [1.165, 1.54) is 13.8 Å². The largest absolute Gasteiger partial charge is 0.457 e. The molecule has 0 aliphatic heterocycles. The summed E-state index contributed by atoms with van der Waals surface area (Å²) in [5.74, 6) is -1.10. The quantitative estimate of drug-likeness (QED) is 0.654. The van der Waals surface area contributed by atoms with Crippen molar-refractivity contribution in [3.8, 4) is 0 Å². The molecule has 0 aromatic heterocycles. The second-order valence-electron chi connectivity index (χ2n) is 5.00. The monoisotopic (exact) mass is 264 g/mol. The average molecular weight is 264 g/mol. The maximum Gasteiger partial charge on any atom is 0.322 e. The lowest BCUT2D eigenvalue weighted by Crippen LogP contribution is -2.40. The predicted molar refractivity (Wildman–Crippen MR) is 71.6 cm³/mol. The molecule has 1 rings (SSSR count). The van der Waals surface area contributed by atoms with E-state index in [0.29, 0.717) is 0 Å². The Kier molecular flexibility index (Phi) is 4.84. The van der Waals surface area contributed by atoms with Crippen molar-refractivity contribution in [2.24, 2.45) is 5.41 Å². The number of hydrogen-bond acceptors (Lipinski definition) is 4. The Bertz CT molecular complexity index is 464. The Labute approximate surface area is 113 Å². The van der Waals surface area contributed by atoms with Gasteiger partial charge in [0.2, 0.25) is 0 Å². The van der Waals surface area contributed by atoms with E-state index in [9.17, 15) is 14.7 Å². The SMILES string of the molecule is CC(=O)C(C)(CO)C(=O)OC(C)c1ccc(C)cc1. The molecule has 0 heterocycles. The number of carbonyl (C=O) groups is 2. The average Bonchev–Trinajstić information content (AvgIpc) is 2.37. The molecule has 4 nitrogen and oxygen atoms in total. The summed E-state index contributed by atoms with van der Waals surface area (Å²) in [5, 5.41) is 9.22. The summed E-state index contributed by atoms with van der Waals surface area (Å²) in [6.45, 7) is 5.81. The van der Waals surface area contributed by atoms with E-state index in [4.69, 9.17) is 4.74 Å². The fourth-order valence-corrected chi connectivity index (χ4v) is 1.52. The van der Waals surface area contributed by atoms with Crippen LogP contribution in [0, 0.1) is 12.3 Å². The molecule has 0 aliphatic carbocycles. The van der Waals surface area contributed by atoms with Crippen molar-refractivity contribution in [3.63, 3.8) is 0 Å². The molecule has 0 amide bonds. The van der Waals surface area contributed by atoms with Crippen molar-refractivity contribution in [1.82, 2.24) is 0 Å². The molecule has 104 valence electrons. The molecule has 0 bridgehead atoms. The molecule has 1 N–H and O–H groups in total. The number of esters is 1. The van der Waals surface area contributed by atoms with Crippen LogP contribution >= 0.6 is 0 Å². The summed E-state index contributed by atoms with van der Waals surface area (Å²) in [6, 6.07) is 7.60. The molecule has 2 unspecified atom stereocenters. The van der Waals surface area contributed by atoms with Gasteiger partial charge in [-0.05, 0) is 33.3 Å². The first-order valence-electron chi connectivity index (χ1n) is 6.21. The number of aryl methyl sites for hydroxylation is 1. The highest BCUT2D eigenvalue weighted by Crippen LogP contribution is 2.25. The smallest absolute Gasteiger partial charge is 0.322 e. The zero-order valence-corrected chi connectivity index (χ0v) is 11.8. The molecule has 0 saturated carbocycles. The minimum Gasteiger partial charge on any atom is -0.457 e. The van der Waals surface area contributed by atoms with Gasteiger partial charge in [-0.1, -0.05) is 29.8 Å². The number of hydrogen-bond donors (Lipinski definition) is 1. The van der Waals surface area contributed by atoms with Gasteiger partial charge in [0.05, 0.1) is 6.61 Å². The third-order valence-electron chi connectivity index (χ3n) is 3.37. The number of aliphatic hydroxyl groups is 1. The Balaban J connectivity index is 2.81. The molecule has 4 heteroatoms. The Morgan fingerprint density at radius 3 is 2.26 bits per heavy atom. The summed E-state index contributed by atoms with van der Waals surface area (Å²) >= 11 is 0. The topological polar surface area (TPSA) is 63.6 Å². The van der Waals surface area contributed by atoms with Crippen molar-refractivity contribution in [2.45, 2.75) is 33.8 Å². The molecule has 1 aromatic carbocycles. The molecule has 0 saturated heterocycles. The lowest BCUT2D eigenvalue weighted by Gasteiger charge is -2.24. The zero-order valence-electron chi connectivity index (χ0n) is 11.8. The standard InChI is InChI=1S/C15H20O4/c1-10-5-7-13(8-6-10)11(2)19-14(18)15(4,9-16)12(3)17/h5-8,11,16H,9H2,1-4H3. The lowest BCUT2D eigenvalue weighted by atomic mass is 9.87. The summed E-state index contributed by atoms with van der Waals surface area (Å²) in [4.78, 5) is 23.4. The van der Waals surface area contributed by atoms with Crippen LogP contribution in [0.5, 0.6) is 0 Å². The first-order chi connectivity index (χ1) is 8.81. The van der Waals surface area contributed by atoms with Gasteiger partial charge in [0, 0.05) is 0 Å². The van der Waals surface area contributed by atoms with Crippen LogP contribution in [-0.2, 0) is 14.3 Å². The van der Waals surface area contributed by atoms with Gasteiger partial charge >= 0.3 is 5.97 Å². The molecule has 1 aromatic rings. The number of ketones is 1. The van der Waals surface area contributed by atoms with Crippen LogP contribution < -0.4 is 0 Å². The molecule has 0 fully saturated rings. The third-order valence-corrected chi connectivity index (χ3v) is 3.37. The van der Waals surface area contributed by atoms with E-state index >= 15 is 0 Å². The minimum absolute atomic E-state index is 0.406. The van der Waals surface area contributed by atoms with Gasteiger partial charge < -0.3 is 9.84 Å². The highest BCUT2D eigenvalue weighted by Gasteiger charge is 2.40. The molecule has 0 spiro atoms. The van der Waals surface area contributed by atoms with Crippen molar-refractivity contribution in [3.05, 3.63) is 35.4 Å². The van der Waals surface area contributed by atoms with E-state index in [1.54, 1.807) is 6.92 Å². The first-order valence-corrected chi connectivity index (χ1v) is 6.21. The second kappa shape index (κ2) is 5.97. The fraction of sp³-hybridized carbons (Fsp3) is 0.467. The van der Waals surface area contributed by atoms with Crippen molar-refractivity contribution >= 4 is 11.8 Å². The summed E-state index contributed by atoms with van der Waals surface area (Å²) in [5.41, 5.74) is 0.480. The lowest BCUT2D eigenvalue weighted by molar-refractivity contribution is -0.165. The zero-order chi connectivity index (χ0) is 14.6. The van der Waals surface area contributed by atoms with E-state index in [-0.39, 0.29) is 0 Å². The molecule has 0 aliphatic rings. The molecular formula is C15H20O4. The van der Waals surface area contributed by atoms with E-state index in [1.807, 2.05) is 31.2 Å². The van der Waals surface area contributed by atoms with Gasteiger partial charge in [-0.15, -0.1) is 0 Å². The highest BCUT2D eigenvalue weighted by molar-refractivity contribution is 6.02. The van der Waals surface area contributed by atoms with Crippen LogP contribution in [0.3, 0.4) is 0 Å². The maximum atomic E-state index is 12.0. The number of benzene rings is 1. The highest BCUT2D eigenvalue weighted by atomic mass is 16.5. The maximum absolute atomic E-state index is 12.0. The number of carbonyl (C=O) groups excluding carboxylic acids is 2. The van der Waals surface area contributed by atoms with Crippen LogP contribution in [0.2, 0.25) is 0 Å². The first kappa shape index (κ1) is 15.4. The Morgan fingerprint density at radius 2 is 1.84 bits per heavy atom. The van der Waals surface area contributed by atoms with E-state index < -0.39 is 29.9 Å². The van der Waals surface area contributed by atoms with E-state index in [0.717, 1.165) is 11.1 Å². The number of aliphatic hydroxyl groups excluding tert-OH is 1. The molecular weight excluding hydrogens is 244 g/mol. The predicted octanol–water partition coefficient (Wildman–Crippen LogP) is 2.19. The second-order valence-corrected chi connectivity index (χ2v) is 5.00. The van der Waals surface area contributed by atoms with Crippen LogP contribution in [0.1, 0.15) is 38.0 Å². The molecule has 19 heavy (non-hydrogen) atoms. The normalized spacial score (nSPS) is 15.4. The number of rotatable bonds is 5. The summed E-state index contributed by atoms with van der Waals surface area (Å²) in [6.07, 6.45) is -0.460. The summed E-state index contributed by atoms with van der Waals surface area (Å²) in [7, 11) is 0. The fourth-order valence-electron chi connectivity index (χ4n) is 1.52. The molecule has 2 atom stereocenters. The number of ether oxygens (including phenoxy) is 1. The number of Topliss-reactive ketones (excluding diaryl/α,β-unsaturated/α-hetero) is 1.